The number of carbonyl (C=O) groups is 1. The van der Waals surface area contributed by atoms with E-state index in [0.29, 0.717) is 6.54 Å². The van der Waals surface area contributed by atoms with Gasteiger partial charge in [-0.1, -0.05) is 6.07 Å². The molecule has 8 heteroatoms. The fraction of sp³-hybridized carbons (Fsp3) is 0.385. The van der Waals surface area contributed by atoms with Crippen LogP contribution in [0.3, 0.4) is 0 Å². The number of carbonyl (C=O) groups excluding carboxylic acids is 1. The average Bonchev–Trinajstić information content (AvgIpc) is 2.50. The minimum Gasteiger partial charge on any atom is -0.338 e. The number of amides is 1. The minimum absolute atomic E-state index is 0.0319. The Morgan fingerprint density at radius 2 is 2.29 bits per heavy atom. The van der Waals surface area contributed by atoms with Gasteiger partial charge in [0.25, 0.3) is 11.6 Å². The van der Waals surface area contributed by atoms with Gasteiger partial charge in [-0.3, -0.25) is 20.8 Å². The SMILES string of the molecule is CCN(CC(C)C#N)C(=O)c1cccc([N+](=O)[O-])c1NN. The van der Waals surface area contributed by atoms with Gasteiger partial charge in [0.05, 0.1) is 22.5 Å². The number of nitrogens with one attached hydrogen (secondary N) is 1. The van der Waals surface area contributed by atoms with Crippen molar-refractivity contribution in [3.05, 3.63) is 33.9 Å². The molecule has 3 N–H and O–H groups in total. The number of hydrogen-bond acceptors (Lipinski definition) is 6. The van der Waals surface area contributed by atoms with Crippen LogP contribution in [-0.4, -0.2) is 28.8 Å². The van der Waals surface area contributed by atoms with Crippen LogP contribution in [0.25, 0.3) is 0 Å². The Morgan fingerprint density at radius 3 is 2.76 bits per heavy atom. The Bertz CT molecular complexity index is 582. The number of hydrazine groups is 1. The zero-order valence-corrected chi connectivity index (χ0v) is 11.9. The molecule has 1 atom stereocenters. The maximum atomic E-state index is 12.5. The molecule has 0 saturated carbocycles. The van der Waals surface area contributed by atoms with Crippen LogP contribution in [0.5, 0.6) is 0 Å². The molecule has 0 radical (unpaired) electrons. The number of nitrogens with zero attached hydrogens (tertiary/aromatic N) is 3. The smallest absolute Gasteiger partial charge is 0.294 e. The van der Waals surface area contributed by atoms with E-state index in [1.807, 2.05) is 0 Å². The van der Waals surface area contributed by atoms with Crippen molar-refractivity contribution in [2.45, 2.75) is 13.8 Å². The molecule has 1 amide bonds. The second-order valence-corrected chi connectivity index (χ2v) is 4.48. The van der Waals surface area contributed by atoms with Crippen LogP contribution in [0.2, 0.25) is 0 Å². The third kappa shape index (κ3) is 3.67. The maximum Gasteiger partial charge on any atom is 0.294 e. The third-order valence-electron chi connectivity index (χ3n) is 3.00. The highest BCUT2D eigenvalue weighted by Gasteiger charge is 2.24. The van der Waals surface area contributed by atoms with Crippen LogP contribution < -0.4 is 11.3 Å². The Balaban J connectivity index is 3.20. The highest BCUT2D eigenvalue weighted by atomic mass is 16.6. The molecule has 112 valence electrons. The van der Waals surface area contributed by atoms with Crippen molar-refractivity contribution in [2.24, 2.45) is 11.8 Å². The summed E-state index contributed by atoms with van der Waals surface area (Å²) in [6, 6.07) is 6.20. The molecule has 8 nitrogen and oxygen atoms in total. The number of nitro benzene ring substituents is 1. The first-order valence-electron chi connectivity index (χ1n) is 6.39. The quantitative estimate of drug-likeness (QED) is 0.464. The van der Waals surface area contributed by atoms with Gasteiger partial charge in [0, 0.05) is 19.2 Å². The molecular formula is C13H17N5O3. The lowest BCUT2D eigenvalue weighted by Crippen LogP contribution is -2.35. The first-order valence-corrected chi connectivity index (χ1v) is 6.39. The van der Waals surface area contributed by atoms with E-state index >= 15 is 0 Å². The van der Waals surface area contributed by atoms with Crippen LogP contribution in [-0.2, 0) is 0 Å². The highest BCUT2D eigenvalue weighted by molar-refractivity contribution is 6.01. The number of nitrogen functional groups attached to an aromatic ring is 1. The number of benzene rings is 1. The Labute approximate surface area is 122 Å². The summed E-state index contributed by atoms with van der Waals surface area (Å²) in [5.41, 5.74) is 2.03. The number of hydrogen-bond donors (Lipinski definition) is 2. The van der Waals surface area contributed by atoms with Gasteiger partial charge in [0.1, 0.15) is 5.69 Å². The van der Waals surface area contributed by atoms with Gasteiger partial charge in [-0.2, -0.15) is 5.26 Å². The number of nitrogens with two attached hydrogens (primary N) is 1. The Kier molecular flexibility index (Phi) is 5.63. The number of para-hydroxylation sites is 1. The summed E-state index contributed by atoms with van der Waals surface area (Å²) in [6.07, 6.45) is 0. The molecule has 0 saturated heterocycles. The van der Waals surface area contributed by atoms with Crippen molar-refractivity contribution in [3.8, 4) is 6.07 Å². The molecular weight excluding hydrogens is 274 g/mol. The summed E-state index contributed by atoms with van der Waals surface area (Å²) in [7, 11) is 0. The number of anilines is 1. The van der Waals surface area contributed by atoms with E-state index in [0.717, 1.165) is 0 Å². The molecule has 0 spiro atoms. The predicted molar refractivity (Wildman–Crippen MR) is 77.3 cm³/mol. The summed E-state index contributed by atoms with van der Waals surface area (Å²) >= 11 is 0. The standard InChI is InChI=1S/C13H17N5O3/c1-3-17(8-9(2)7-14)13(19)10-5-4-6-11(18(20)21)12(10)16-15/h4-6,9,16H,3,8,15H2,1-2H3. The summed E-state index contributed by atoms with van der Waals surface area (Å²) in [5, 5.41) is 19.8. The second-order valence-electron chi connectivity index (χ2n) is 4.48. The average molecular weight is 291 g/mol. The molecule has 0 bridgehead atoms. The van der Waals surface area contributed by atoms with Gasteiger partial charge in [-0.15, -0.1) is 0 Å². The molecule has 1 aromatic carbocycles. The zero-order chi connectivity index (χ0) is 16.0. The molecule has 0 fully saturated rings. The van der Waals surface area contributed by atoms with E-state index in [1.54, 1.807) is 13.8 Å². The molecule has 21 heavy (non-hydrogen) atoms. The molecule has 1 unspecified atom stereocenters. The van der Waals surface area contributed by atoms with Crippen LogP contribution in [0.1, 0.15) is 24.2 Å². The van der Waals surface area contributed by atoms with E-state index < -0.39 is 10.8 Å². The van der Waals surface area contributed by atoms with E-state index in [-0.39, 0.29) is 29.4 Å². The van der Waals surface area contributed by atoms with Gasteiger partial charge in [-0.05, 0) is 19.9 Å². The molecule has 0 heterocycles. The van der Waals surface area contributed by atoms with Crippen molar-refractivity contribution >= 4 is 17.3 Å². The summed E-state index contributed by atoms with van der Waals surface area (Å²) < 4.78 is 0. The summed E-state index contributed by atoms with van der Waals surface area (Å²) in [5.74, 6) is 4.58. The normalized spacial score (nSPS) is 11.3. The number of nitro groups is 1. The lowest BCUT2D eigenvalue weighted by atomic mass is 10.1. The van der Waals surface area contributed by atoms with Crippen LogP contribution in [0.15, 0.2) is 18.2 Å². The molecule has 0 aliphatic carbocycles. The van der Waals surface area contributed by atoms with Crippen molar-refractivity contribution in [1.82, 2.24) is 4.90 Å². The molecule has 0 aliphatic heterocycles. The number of nitriles is 1. The van der Waals surface area contributed by atoms with Crippen molar-refractivity contribution < 1.29 is 9.72 Å². The highest BCUT2D eigenvalue weighted by Crippen LogP contribution is 2.28. The molecule has 1 aromatic rings. The first kappa shape index (κ1) is 16.4. The maximum absolute atomic E-state index is 12.5. The molecule has 1 rings (SSSR count). The largest absolute Gasteiger partial charge is 0.338 e. The van der Waals surface area contributed by atoms with Gasteiger partial charge < -0.3 is 10.3 Å². The zero-order valence-electron chi connectivity index (χ0n) is 11.9. The van der Waals surface area contributed by atoms with E-state index in [4.69, 9.17) is 11.1 Å². The topological polar surface area (TPSA) is 125 Å². The second kappa shape index (κ2) is 7.21. The van der Waals surface area contributed by atoms with Crippen molar-refractivity contribution in [3.63, 3.8) is 0 Å². The van der Waals surface area contributed by atoms with Crippen LogP contribution in [0, 0.1) is 27.4 Å². The minimum atomic E-state index is -0.611. The van der Waals surface area contributed by atoms with Crippen molar-refractivity contribution in [2.75, 3.05) is 18.5 Å². The van der Waals surface area contributed by atoms with Gasteiger partial charge >= 0.3 is 0 Å². The van der Waals surface area contributed by atoms with Gasteiger partial charge in [-0.25, -0.2) is 0 Å². The van der Waals surface area contributed by atoms with Crippen molar-refractivity contribution in [1.29, 1.82) is 5.26 Å². The monoisotopic (exact) mass is 291 g/mol. The Hall–Kier alpha value is -2.66. The van der Waals surface area contributed by atoms with E-state index in [9.17, 15) is 14.9 Å². The van der Waals surface area contributed by atoms with Gasteiger partial charge in [0.15, 0.2) is 0 Å². The summed E-state index contributed by atoms with van der Waals surface area (Å²) in [6.45, 7) is 4.11. The molecule has 0 aromatic heterocycles. The Morgan fingerprint density at radius 1 is 1.62 bits per heavy atom. The van der Waals surface area contributed by atoms with Crippen LogP contribution in [0.4, 0.5) is 11.4 Å². The lowest BCUT2D eigenvalue weighted by Gasteiger charge is -2.23. The predicted octanol–water partition coefficient (Wildman–Crippen LogP) is 1.50. The first-order chi connectivity index (χ1) is 9.96. The van der Waals surface area contributed by atoms with E-state index in [2.05, 4.69) is 11.5 Å². The van der Waals surface area contributed by atoms with E-state index in [1.165, 1.54) is 23.1 Å². The fourth-order valence-corrected chi connectivity index (χ4v) is 1.92. The fourth-order valence-electron chi connectivity index (χ4n) is 1.92. The van der Waals surface area contributed by atoms with Crippen LogP contribution >= 0.6 is 0 Å². The third-order valence-corrected chi connectivity index (χ3v) is 3.00. The van der Waals surface area contributed by atoms with Gasteiger partial charge in [0.2, 0.25) is 0 Å². The summed E-state index contributed by atoms with van der Waals surface area (Å²) in [4.78, 5) is 24.3. The molecule has 0 aliphatic rings. The lowest BCUT2D eigenvalue weighted by molar-refractivity contribution is -0.384. The number of rotatable bonds is 6.